The Morgan fingerprint density at radius 1 is 1.39 bits per heavy atom. The van der Waals surface area contributed by atoms with E-state index >= 15 is 0 Å². The first kappa shape index (κ1) is 14.4. The summed E-state index contributed by atoms with van der Waals surface area (Å²) < 4.78 is 30.2. The van der Waals surface area contributed by atoms with E-state index in [1.165, 1.54) is 13.2 Å². The van der Waals surface area contributed by atoms with E-state index in [0.717, 1.165) is 23.9 Å². The molecule has 1 N–H and O–H groups in total. The van der Waals surface area contributed by atoms with Crippen LogP contribution in [0.3, 0.4) is 0 Å². The average Bonchev–Trinajstić information content (AvgIpc) is 2.34. The molecule has 0 spiro atoms. The molecule has 0 bridgehead atoms. The predicted molar refractivity (Wildman–Crippen MR) is 62.1 cm³/mol. The van der Waals surface area contributed by atoms with Crippen LogP contribution in [0.1, 0.15) is 0 Å². The molecule has 0 aliphatic heterocycles. The summed E-state index contributed by atoms with van der Waals surface area (Å²) in [6.07, 6.45) is 0. The second-order valence-corrected chi connectivity index (χ2v) is 4.23. The molecule has 0 atom stereocenters. The Morgan fingerprint density at radius 2 is 2.11 bits per heavy atom. The lowest BCUT2D eigenvalue weighted by molar-refractivity contribution is -0.140. The third-order valence-electron chi connectivity index (χ3n) is 1.91. The molecular weight excluding hydrogens is 264 g/mol. The summed E-state index contributed by atoms with van der Waals surface area (Å²) in [5, 5.41) is 2.30. The van der Waals surface area contributed by atoms with Gasteiger partial charge in [-0.25, -0.2) is 8.78 Å². The fourth-order valence-corrected chi connectivity index (χ4v) is 1.78. The second kappa shape index (κ2) is 6.95. The van der Waals surface area contributed by atoms with Gasteiger partial charge in [0, 0.05) is 11.0 Å². The van der Waals surface area contributed by atoms with Crippen molar-refractivity contribution in [3.63, 3.8) is 0 Å². The van der Waals surface area contributed by atoms with Crippen molar-refractivity contribution < 1.29 is 23.1 Å². The summed E-state index contributed by atoms with van der Waals surface area (Å²) in [5.41, 5.74) is 0. The number of rotatable bonds is 5. The van der Waals surface area contributed by atoms with Crippen LogP contribution < -0.4 is 5.32 Å². The Morgan fingerprint density at radius 3 is 2.72 bits per heavy atom. The maximum Gasteiger partial charge on any atom is 0.325 e. The van der Waals surface area contributed by atoms with E-state index in [-0.39, 0.29) is 17.2 Å². The van der Waals surface area contributed by atoms with Crippen LogP contribution in [0.15, 0.2) is 23.1 Å². The molecule has 0 saturated carbocycles. The van der Waals surface area contributed by atoms with E-state index in [1.54, 1.807) is 0 Å². The number of hydrogen-bond acceptors (Lipinski definition) is 4. The number of carbonyl (C=O) groups excluding carboxylic acids is 2. The number of esters is 1. The van der Waals surface area contributed by atoms with Crippen LogP contribution >= 0.6 is 11.8 Å². The normalized spacial score (nSPS) is 9.94. The average molecular weight is 275 g/mol. The fourth-order valence-electron chi connectivity index (χ4n) is 1.03. The van der Waals surface area contributed by atoms with Gasteiger partial charge in [-0.2, -0.15) is 0 Å². The van der Waals surface area contributed by atoms with Gasteiger partial charge in [0.15, 0.2) is 0 Å². The SMILES string of the molecule is COC(=O)CNC(=O)CSc1ccc(F)cc1F. The van der Waals surface area contributed by atoms with Crippen LogP contribution in [-0.4, -0.2) is 31.3 Å². The van der Waals surface area contributed by atoms with Gasteiger partial charge in [0.2, 0.25) is 5.91 Å². The van der Waals surface area contributed by atoms with Crippen LogP contribution in [0.2, 0.25) is 0 Å². The second-order valence-electron chi connectivity index (χ2n) is 3.22. The summed E-state index contributed by atoms with van der Waals surface area (Å²) in [5.74, 6) is -2.47. The van der Waals surface area contributed by atoms with Crippen LogP contribution in [0.25, 0.3) is 0 Å². The van der Waals surface area contributed by atoms with Crippen LogP contribution in [-0.2, 0) is 14.3 Å². The molecule has 1 aromatic rings. The van der Waals surface area contributed by atoms with Gasteiger partial charge in [-0.3, -0.25) is 9.59 Å². The van der Waals surface area contributed by atoms with Crippen LogP contribution in [0.4, 0.5) is 8.78 Å². The van der Waals surface area contributed by atoms with E-state index in [1.807, 2.05) is 0 Å². The number of methoxy groups -OCH3 is 1. The minimum absolute atomic E-state index is 0.0699. The smallest absolute Gasteiger partial charge is 0.325 e. The van der Waals surface area contributed by atoms with Gasteiger partial charge >= 0.3 is 5.97 Å². The first-order valence-electron chi connectivity index (χ1n) is 4.94. The van der Waals surface area contributed by atoms with Gasteiger partial charge in [-0.1, -0.05) is 0 Å². The maximum absolute atomic E-state index is 13.2. The minimum atomic E-state index is -0.722. The molecule has 1 amide bonds. The molecular formula is C11H11F2NO3S. The van der Waals surface area contributed by atoms with Gasteiger partial charge in [-0.15, -0.1) is 11.8 Å². The molecule has 0 aliphatic rings. The summed E-state index contributed by atoms with van der Waals surface area (Å²) in [6.45, 7) is -0.234. The van der Waals surface area contributed by atoms with Crippen molar-refractivity contribution in [3.05, 3.63) is 29.8 Å². The van der Waals surface area contributed by atoms with Crippen molar-refractivity contribution in [2.45, 2.75) is 4.90 Å². The number of thioether (sulfide) groups is 1. The topological polar surface area (TPSA) is 55.4 Å². The Balaban J connectivity index is 2.40. The largest absolute Gasteiger partial charge is 0.468 e. The number of benzene rings is 1. The monoisotopic (exact) mass is 275 g/mol. The third kappa shape index (κ3) is 4.70. The van der Waals surface area contributed by atoms with Crippen LogP contribution in [0, 0.1) is 11.6 Å². The molecule has 0 heterocycles. The van der Waals surface area contributed by atoms with Crippen molar-refractivity contribution in [3.8, 4) is 0 Å². The molecule has 4 nitrogen and oxygen atoms in total. The lowest BCUT2D eigenvalue weighted by Crippen LogP contribution is -2.31. The summed E-state index contributed by atoms with van der Waals surface area (Å²) >= 11 is 0.917. The highest BCUT2D eigenvalue weighted by atomic mass is 32.2. The number of amides is 1. The lowest BCUT2D eigenvalue weighted by Gasteiger charge is -2.04. The molecule has 1 rings (SSSR count). The quantitative estimate of drug-likeness (QED) is 0.651. The first-order valence-corrected chi connectivity index (χ1v) is 5.93. The summed E-state index contributed by atoms with van der Waals surface area (Å²) in [6, 6.07) is 3.11. The Hall–Kier alpha value is -1.63. The molecule has 18 heavy (non-hydrogen) atoms. The van der Waals surface area contributed by atoms with E-state index in [2.05, 4.69) is 10.1 Å². The van der Waals surface area contributed by atoms with Crippen molar-refractivity contribution in [1.82, 2.24) is 5.32 Å². The highest BCUT2D eigenvalue weighted by Gasteiger charge is 2.09. The molecule has 0 fully saturated rings. The van der Waals surface area contributed by atoms with Gasteiger partial charge in [0.1, 0.15) is 18.2 Å². The van der Waals surface area contributed by atoms with Crippen LogP contribution in [0.5, 0.6) is 0 Å². The van der Waals surface area contributed by atoms with E-state index < -0.39 is 23.5 Å². The van der Waals surface area contributed by atoms with Gasteiger partial charge in [0.05, 0.1) is 12.9 Å². The molecule has 7 heteroatoms. The predicted octanol–water partition coefficient (Wildman–Crippen LogP) is 1.35. The Labute approximate surface area is 107 Å². The van der Waals surface area contributed by atoms with Gasteiger partial charge in [0.25, 0.3) is 0 Å². The van der Waals surface area contributed by atoms with Crippen molar-refractivity contribution in [2.75, 3.05) is 19.4 Å². The van der Waals surface area contributed by atoms with Crippen molar-refractivity contribution >= 4 is 23.6 Å². The zero-order chi connectivity index (χ0) is 13.5. The molecule has 0 aliphatic carbocycles. The van der Waals surface area contributed by atoms with Crippen molar-refractivity contribution in [1.29, 1.82) is 0 Å². The van der Waals surface area contributed by atoms with E-state index in [4.69, 9.17) is 0 Å². The van der Waals surface area contributed by atoms with E-state index in [9.17, 15) is 18.4 Å². The third-order valence-corrected chi connectivity index (χ3v) is 2.96. The Bertz CT molecular complexity index is 454. The number of hydrogen-bond donors (Lipinski definition) is 1. The van der Waals surface area contributed by atoms with Gasteiger partial charge in [-0.05, 0) is 12.1 Å². The minimum Gasteiger partial charge on any atom is -0.468 e. The summed E-state index contributed by atoms with van der Waals surface area (Å²) in [7, 11) is 1.21. The molecule has 0 radical (unpaired) electrons. The molecule has 98 valence electrons. The highest BCUT2D eigenvalue weighted by molar-refractivity contribution is 8.00. The number of halogens is 2. The van der Waals surface area contributed by atoms with Gasteiger partial charge < -0.3 is 10.1 Å². The first-order chi connectivity index (χ1) is 8.52. The number of nitrogens with one attached hydrogen (secondary N) is 1. The molecule has 0 aromatic heterocycles. The zero-order valence-electron chi connectivity index (χ0n) is 9.54. The van der Waals surface area contributed by atoms with Crippen molar-refractivity contribution in [2.24, 2.45) is 0 Å². The maximum atomic E-state index is 13.2. The summed E-state index contributed by atoms with van der Waals surface area (Å²) in [4.78, 5) is 22.2. The molecule has 0 unspecified atom stereocenters. The number of ether oxygens (including phenoxy) is 1. The standard InChI is InChI=1S/C11H11F2NO3S/c1-17-11(16)5-14-10(15)6-18-9-3-2-7(12)4-8(9)13/h2-4H,5-6H2,1H3,(H,14,15). The highest BCUT2D eigenvalue weighted by Crippen LogP contribution is 2.21. The fraction of sp³-hybridized carbons (Fsp3) is 0.273. The zero-order valence-corrected chi connectivity index (χ0v) is 10.4. The lowest BCUT2D eigenvalue weighted by atomic mass is 10.3. The molecule has 1 aromatic carbocycles. The Kier molecular flexibility index (Phi) is 5.57. The van der Waals surface area contributed by atoms with E-state index in [0.29, 0.717) is 0 Å². The molecule has 0 saturated heterocycles. The number of carbonyl (C=O) groups is 2.